The average Bonchev–Trinajstić information content (AvgIpc) is 2.96. The van der Waals surface area contributed by atoms with Gasteiger partial charge in [-0.15, -0.1) is 0 Å². The van der Waals surface area contributed by atoms with Crippen molar-refractivity contribution in [2.24, 2.45) is 0 Å². The van der Waals surface area contributed by atoms with Gasteiger partial charge in [0.2, 0.25) is 5.13 Å². The summed E-state index contributed by atoms with van der Waals surface area (Å²) in [5, 5.41) is 5.00. The molecule has 2 heterocycles. The number of hydrogen-bond acceptors (Lipinski definition) is 5. The fourth-order valence-electron chi connectivity index (χ4n) is 1.77. The van der Waals surface area contributed by atoms with Crippen LogP contribution in [0.1, 0.15) is 43.2 Å². The molecule has 1 N–H and O–H groups in total. The summed E-state index contributed by atoms with van der Waals surface area (Å²) < 4.78 is 4.47. The Balaban J connectivity index is 1.65. The Morgan fingerprint density at radius 1 is 1.20 bits per heavy atom. The molecule has 2 aliphatic rings. The first-order chi connectivity index (χ1) is 7.42. The Morgan fingerprint density at radius 2 is 2.13 bits per heavy atom. The van der Waals surface area contributed by atoms with Gasteiger partial charge in [0.25, 0.3) is 0 Å². The maximum atomic E-state index is 4.59. The van der Waals surface area contributed by atoms with E-state index in [1.807, 2.05) is 11.8 Å². The van der Waals surface area contributed by atoms with Crippen molar-refractivity contribution in [2.75, 3.05) is 11.1 Å². The first-order valence-electron chi connectivity index (χ1n) is 5.63. The molecule has 1 aliphatic carbocycles. The molecule has 0 bridgehead atoms. The molecule has 3 rings (SSSR count). The second kappa shape index (κ2) is 4.29. The molecule has 0 spiro atoms. The number of nitrogens with zero attached hydrogens (tertiary/aromatic N) is 2. The van der Waals surface area contributed by atoms with Gasteiger partial charge in [-0.05, 0) is 31.4 Å². The first kappa shape index (κ1) is 9.90. The third kappa shape index (κ3) is 2.45. The van der Waals surface area contributed by atoms with E-state index in [-0.39, 0.29) is 0 Å². The van der Waals surface area contributed by atoms with E-state index in [9.17, 15) is 0 Å². The van der Waals surface area contributed by atoms with E-state index in [4.69, 9.17) is 0 Å². The summed E-state index contributed by atoms with van der Waals surface area (Å²) in [5.41, 5.74) is 0. The molecule has 3 nitrogen and oxygen atoms in total. The lowest BCUT2D eigenvalue weighted by molar-refractivity contribution is 0.668. The van der Waals surface area contributed by atoms with Gasteiger partial charge in [-0.3, -0.25) is 0 Å². The van der Waals surface area contributed by atoms with Crippen molar-refractivity contribution in [3.05, 3.63) is 5.82 Å². The van der Waals surface area contributed by atoms with Crippen molar-refractivity contribution in [1.82, 2.24) is 9.36 Å². The Kier molecular flexibility index (Phi) is 2.83. The molecular formula is C10H15N3S2. The zero-order valence-electron chi connectivity index (χ0n) is 8.61. The van der Waals surface area contributed by atoms with Gasteiger partial charge in [0.05, 0.1) is 5.25 Å². The van der Waals surface area contributed by atoms with Crippen LogP contribution >= 0.6 is 23.3 Å². The fourth-order valence-corrected chi connectivity index (χ4v) is 3.78. The lowest BCUT2D eigenvalue weighted by Gasteiger charge is -2.17. The highest BCUT2D eigenvalue weighted by atomic mass is 32.2. The van der Waals surface area contributed by atoms with E-state index in [0.717, 1.165) is 11.0 Å². The highest BCUT2D eigenvalue weighted by molar-refractivity contribution is 7.99. The molecule has 0 aromatic carbocycles. The van der Waals surface area contributed by atoms with Crippen molar-refractivity contribution >= 4 is 28.4 Å². The molecule has 1 unspecified atom stereocenters. The molecule has 82 valence electrons. The molecule has 1 atom stereocenters. The second-order valence-corrected chi connectivity index (χ2v) is 6.29. The summed E-state index contributed by atoms with van der Waals surface area (Å²) >= 11 is 3.54. The molecule has 15 heavy (non-hydrogen) atoms. The van der Waals surface area contributed by atoms with E-state index in [1.54, 1.807) is 0 Å². The van der Waals surface area contributed by atoms with Crippen LogP contribution in [0, 0.1) is 0 Å². The number of aromatic nitrogens is 2. The quantitative estimate of drug-likeness (QED) is 0.882. The first-order valence-corrected chi connectivity index (χ1v) is 7.46. The second-order valence-electron chi connectivity index (χ2n) is 4.23. The topological polar surface area (TPSA) is 37.8 Å². The summed E-state index contributed by atoms with van der Waals surface area (Å²) in [6.45, 7) is 0. The zero-order valence-corrected chi connectivity index (χ0v) is 10.2. The van der Waals surface area contributed by atoms with E-state index in [0.29, 0.717) is 11.3 Å². The Hall–Kier alpha value is -0.290. The molecule has 1 aromatic rings. The molecular weight excluding hydrogens is 226 g/mol. The van der Waals surface area contributed by atoms with Gasteiger partial charge in [-0.25, -0.2) is 4.98 Å². The minimum atomic E-state index is 0.560. The van der Waals surface area contributed by atoms with E-state index >= 15 is 0 Å². The molecule has 1 aromatic heterocycles. The van der Waals surface area contributed by atoms with Crippen molar-refractivity contribution in [3.63, 3.8) is 0 Å². The van der Waals surface area contributed by atoms with E-state index in [2.05, 4.69) is 14.7 Å². The predicted molar refractivity (Wildman–Crippen MR) is 65.6 cm³/mol. The zero-order chi connectivity index (χ0) is 10.1. The monoisotopic (exact) mass is 241 g/mol. The minimum absolute atomic E-state index is 0.560. The lowest BCUT2D eigenvalue weighted by atomic mass is 10.2. The molecule has 1 aliphatic heterocycles. The van der Waals surface area contributed by atoms with Crippen molar-refractivity contribution in [2.45, 2.75) is 43.4 Å². The minimum Gasteiger partial charge on any atom is -0.358 e. The summed E-state index contributed by atoms with van der Waals surface area (Å²) in [4.78, 5) is 4.59. The molecule has 0 radical (unpaired) electrons. The van der Waals surface area contributed by atoms with Crippen LogP contribution in [-0.4, -0.2) is 21.2 Å². The van der Waals surface area contributed by atoms with Gasteiger partial charge in [0, 0.05) is 17.6 Å². The van der Waals surface area contributed by atoms with Crippen LogP contribution in [0.5, 0.6) is 0 Å². The molecule has 0 amide bonds. The van der Waals surface area contributed by atoms with Crippen molar-refractivity contribution in [1.29, 1.82) is 0 Å². The van der Waals surface area contributed by atoms with E-state index < -0.39 is 0 Å². The lowest BCUT2D eigenvalue weighted by Crippen LogP contribution is -2.05. The number of hydrogen-bond donors (Lipinski definition) is 1. The number of nitrogens with one attached hydrogen (secondary N) is 1. The third-order valence-electron chi connectivity index (χ3n) is 2.81. The van der Waals surface area contributed by atoms with Gasteiger partial charge in [-0.1, -0.05) is 6.42 Å². The number of anilines is 1. The Morgan fingerprint density at radius 3 is 2.87 bits per heavy atom. The summed E-state index contributed by atoms with van der Waals surface area (Å²) in [6, 6.07) is 0.685. The van der Waals surface area contributed by atoms with Gasteiger partial charge in [0.15, 0.2) is 5.82 Å². The maximum Gasteiger partial charge on any atom is 0.202 e. The third-order valence-corrected chi connectivity index (χ3v) is 4.85. The highest BCUT2D eigenvalue weighted by Gasteiger charge is 2.24. The number of thioether (sulfide) groups is 1. The SMILES string of the molecule is C1CCC(c2nsc(NC3CC3)n2)SC1. The largest absolute Gasteiger partial charge is 0.358 e. The van der Waals surface area contributed by atoms with Crippen molar-refractivity contribution < 1.29 is 0 Å². The maximum absolute atomic E-state index is 4.59. The molecule has 5 heteroatoms. The van der Waals surface area contributed by atoms with Crippen LogP contribution in [-0.2, 0) is 0 Å². The summed E-state index contributed by atoms with van der Waals surface area (Å²) in [5.74, 6) is 2.34. The van der Waals surface area contributed by atoms with Gasteiger partial charge >= 0.3 is 0 Å². The van der Waals surface area contributed by atoms with Gasteiger partial charge < -0.3 is 5.32 Å². The van der Waals surface area contributed by atoms with Gasteiger partial charge in [-0.2, -0.15) is 16.1 Å². The Labute approximate surface area is 98.2 Å². The summed E-state index contributed by atoms with van der Waals surface area (Å²) in [6.07, 6.45) is 6.55. The molecule has 1 saturated carbocycles. The average molecular weight is 241 g/mol. The molecule has 1 saturated heterocycles. The highest BCUT2D eigenvalue weighted by Crippen LogP contribution is 2.38. The Bertz CT molecular complexity index is 329. The van der Waals surface area contributed by atoms with Crippen LogP contribution in [0.4, 0.5) is 5.13 Å². The normalized spacial score (nSPS) is 26.5. The van der Waals surface area contributed by atoms with Crippen LogP contribution in [0.25, 0.3) is 0 Å². The predicted octanol–water partition coefficient (Wildman–Crippen LogP) is 3.07. The van der Waals surface area contributed by atoms with Crippen molar-refractivity contribution in [3.8, 4) is 0 Å². The van der Waals surface area contributed by atoms with Gasteiger partial charge in [0.1, 0.15) is 0 Å². The van der Waals surface area contributed by atoms with Crippen LogP contribution in [0.3, 0.4) is 0 Å². The van der Waals surface area contributed by atoms with Crippen LogP contribution < -0.4 is 5.32 Å². The number of rotatable bonds is 3. The van der Waals surface area contributed by atoms with Crippen LogP contribution in [0.2, 0.25) is 0 Å². The molecule has 2 fully saturated rings. The van der Waals surface area contributed by atoms with E-state index in [1.165, 1.54) is 49.4 Å². The summed E-state index contributed by atoms with van der Waals surface area (Å²) in [7, 11) is 0. The smallest absolute Gasteiger partial charge is 0.202 e. The van der Waals surface area contributed by atoms with Crippen LogP contribution in [0.15, 0.2) is 0 Å². The standard InChI is InChI=1S/C10H15N3S2/c1-2-6-14-8(3-1)9-12-10(15-13-9)11-7-4-5-7/h7-8H,1-6H2,(H,11,12,13). The fraction of sp³-hybridized carbons (Fsp3) is 0.800.